The molecular formula is C16H18Cl2N2O4. The molecule has 1 saturated heterocycles. The van der Waals surface area contributed by atoms with Crippen molar-refractivity contribution in [3.05, 3.63) is 33.8 Å². The molecule has 2 amide bonds. The highest BCUT2D eigenvalue weighted by atomic mass is 35.5. The molecule has 2 unspecified atom stereocenters. The van der Waals surface area contributed by atoms with Gasteiger partial charge in [-0.25, -0.2) is 0 Å². The lowest BCUT2D eigenvalue weighted by Gasteiger charge is -2.34. The molecule has 1 aromatic rings. The van der Waals surface area contributed by atoms with Gasteiger partial charge in [0.1, 0.15) is 0 Å². The van der Waals surface area contributed by atoms with Crippen molar-refractivity contribution >= 4 is 41.0 Å². The van der Waals surface area contributed by atoms with Crippen LogP contribution in [0, 0.1) is 11.8 Å². The number of hydrogen-bond donors (Lipinski definition) is 2. The second-order valence-electron chi connectivity index (χ2n) is 5.99. The Balaban J connectivity index is 1.93. The van der Waals surface area contributed by atoms with Gasteiger partial charge in [0, 0.05) is 18.7 Å². The molecule has 130 valence electrons. The van der Waals surface area contributed by atoms with Gasteiger partial charge in [-0.05, 0) is 30.5 Å². The van der Waals surface area contributed by atoms with Gasteiger partial charge in [-0.3, -0.25) is 14.4 Å². The number of nitrogens with zero attached hydrogens (tertiary/aromatic N) is 1. The number of carbonyl (C=O) groups is 3. The first-order valence-electron chi connectivity index (χ1n) is 7.51. The van der Waals surface area contributed by atoms with Crippen molar-refractivity contribution in [3.63, 3.8) is 0 Å². The van der Waals surface area contributed by atoms with Gasteiger partial charge < -0.3 is 15.3 Å². The van der Waals surface area contributed by atoms with E-state index >= 15 is 0 Å². The van der Waals surface area contributed by atoms with Crippen molar-refractivity contribution in [1.29, 1.82) is 0 Å². The Labute approximate surface area is 149 Å². The molecule has 1 fully saturated rings. The van der Waals surface area contributed by atoms with Gasteiger partial charge in [0.05, 0.1) is 22.5 Å². The molecule has 0 aliphatic carbocycles. The summed E-state index contributed by atoms with van der Waals surface area (Å²) in [5, 5.41) is 12.3. The van der Waals surface area contributed by atoms with E-state index in [0.29, 0.717) is 23.6 Å². The molecule has 6 nitrogen and oxygen atoms in total. The number of carboxylic acids is 1. The van der Waals surface area contributed by atoms with E-state index in [1.165, 1.54) is 23.1 Å². The van der Waals surface area contributed by atoms with E-state index in [0.717, 1.165) is 0 Å². The topological polar surface area (TPSA) is 86.7 Å². The molecule has 1 aliphatic heterocycles. The van der Waals surface area contributed by atoms with Crippen molar-refractivity contribution in [1.82, 2.24) is 10.2 Å². The average molecular weight is 373 g/mol. The SMILES string of the molecule is CC1CC(C(=O)O)CN(C(=O)CNC(=O)c2ccc(Cl)c(Cl)c2)C1. The minimum Gasteiger partial charge on any atom is -0.481 e. The molecule has 2 atom stereocenters. The van der Waals surface area contributed by atoms with Crippen LogP contribution in [0.2, 0.25) is 10.0 Å². The summed E-state index contributed by atoms with van der Waals surface area (Å²) >= 11 is 11.7. The van der Waals surface area contributed by atoms with E-state index < -0.39 is 17.8 Å². The summed E-state index contributed by atoms with van der Waals surface area (Å²) in [6.45, 7) is 2.37. The predicted molar refractivity (Wildman–Crippen MR) is 90.3 cm³/mol. The highest BCUT2D eigenvalue weighted by Gasteiger charge is 2.31. The summed E-state index contributed by atoms with van der Waals surface area (Å²) in [4.78, 5) is 36.9. The van der Waals surface area contributed by atoms with E-state index in [-0.39, 0.29) is 29.9 Å². The second-order valence-corrected chi connectivity index (χ2v) is 6.80. The van der Waals surface area contributed by atoms with Crippen molar-refractivity contribution < 1.29 is 19.5 Å². The van der Waals surface area contributed by atoms with Crippen LogP contribution < -0.4 is 5.32 Å². The maximum absolute atomic E-state index is 12.2. The molecule has 2 rings (SSSR count). The van der Waals surface area contributed by atoms with Crippen LogP contribution in [0.4, 0.5) is 0 Å². The molecule has 0 saturated carbocycles. The van der Waals surface area contributed by atoms with Crippen LogP contribution in [-0.4, -0.2) is 47.4 Å². The maximum atomic E-state index is 12.2. The smallest absolute Gasteiger partial charge is 0.308 e. The molecule has 0 radical (unpaired) electrons. The number of likely N-dealkylation sites (tertiary alicyclic amines) is 1. The number of carbonyl (C=O) groups excluding carboxylic acids is 2. The van der Waals surface area contributed by atoms with Gasteiger partial charge in [-0.2, -0.15) is 0 Å². The largest absolute Gasteiger partial charge is 0.481 e. The first kappa shape index (κ1) is 18.5. The van der Waals surface area contributed by atoms with Crippen LogP contribution in [-0.2, 0) is 9.59 Å². The lowest BCUT2D eigenvalue weighted by molar-refractivity contribution is -0.146. The maximum Gasteiger partial charge on any atom is 0.308 e. The lowest BCUT2D eigenvalue weighted by Crippen LogP contribution is -2.48. The average Bonchev–Trinajstić information content (AvgIpc) is 2.54. The second kappa shape index (κ2) is 7.85. The highest BCUT2D eigenvalue weighted by molar-refractivity contribution is 6.42. The van der Waals surface area contributed by atoms with Crippen molar-refractivity contribution in [2.45, 2.75) is 13.3 Å². The Bertz CT molecular complexity index is 665. The number of hydrogen-bond acceptors (Lipinski definition) is 3. The van der Waals surface area contributed by atoms with Gasteiger partial charge in [0.25, 0.3) is 5.91 Å². The minimum absolute atomic E-state index is 0.106. The third kappa shape index (κ3) is 4.61. The van der Waals surface area contributed by atoms with Crippen molar-refractivity contribution in [2.24, 2.45) is 11.8 Å². The number of amides is 2. The Morgan fingerprint density at radius 3 is 2.58 bits per heavy atom. The normalized spacial score (nSPS) is 20.5. The van der Waals surface area contributed by atoms with Crippen LogP contribution in [0.5, 0.6) is 0 Å². The van der Waals surface area contributed by atoms with Crippen LogP contribution >= 0.6 is 23.2 Å². The summed E-state index contributed by atoms with van der Waals surface area (Å²) in [6, 6.07) is 4.44. The zero-order valence-electron chi connectivity index (χ0n) is 13.1. The molecule has 8 heteroatoms. The number of carboxylic acid groups (broad SMARTS) is 1. The Morgan fingerprint density at radius 1 is 1.25 bits per heavy atom. The molecule has 0 spiro atoms. The molecule has 0 aromatic heterocycles. The first-order valence-corrected chi connectivity index (χ1v) is 8.27. The van der Waals surface area contributed by atoms with Crippen LogP contribution in [0.15, 0.2) is 18.2 Å². The quantitative estimate of drug-likeness (QED) is 0.848. The summed E-state index contributed by atoms with van der Waals surface area (Å²) in [5.41, 5.74) is 0.299. The number of piperidine rings is 1. The van der Waals surface area contributed by atoms with Crippen molar-refractivity contribution in [3.8, 4) is 0 Å². The summed E-state index contributed by atoms with van der Waals surface area (Å²) < 4.78 is 0. The molecule has 24 heavy (non-hydrogen) atoms. The van der Waals surface area contributed by atoms with Gasteiger partial charge in [-0.1, -0.05) is 30.1 Å². The molecule has 2 N–H and O–H groups in total. The Morgan fingerprint density at radius 2 is 1.96 bits per heavy atom. The number of rotatable bonds is 4. The van der Waals surface area contributed by atoms with E-state index in [1.54, 1.807) is 0 Å². The molecule has 1 aliphatic rings. The van der Waals surface area contributed by atoms with Gasteiger partial charge >= 0.3 is 5.97 Å². The summed E-state index contributed by atoms with van der Waals surface area (Å²) in [5.74, 6) is -2.11. The van der Waals surface area contributed by atoms with Crippen LogP contribution in [0.1, 0.15) is 23.7 Å². The third-order valence-electron chi connectivity index (χ3n) is 3.94. The fourth-order valence-corrected chi connectivity index (χ4v) is 3.04. The van der Waals surface area contributed by atoms with Crippen LogP contribution in [0.25, 0.3) is 0 Å². The fourth-order valence-electron chi connectivity index (χ4n) is 2.74. The summed E-state index contributed by atoms with van der Waals surface area (Å²) in [7, 11) is 0. The number of halogens is 2. The molecule has 0 bridgehead atoms. The Hall–Kier alpha value is -1.79. The van der Waals surface area contributed by atoms with E-state index in [1.807, 2.05) is 6.92 Å². The molecular weight excluding hydrogens is 355 g/mol. The predicted octanol–water partition coefficient (Wildman–Crippen LogP) is 2.29. The summed E-state index contributed by atoms with van der Waals surface area (Å²) in [6.07, 6.45) is 0.550. The van der Waals surface area contributed by atoms with Gasteiger partial charge in [0.2, 0.25) is 5.91 Å². The number of benzene rings is 1. The first-order chi connectivity index (χ1) is 11.3. The molecule has 1 heterocycles. The third-order valence-corrected chi connectivity index (χ3v) is 4.68. The monoisotopic (exact) mass is 372 g/mol. The van der Waals surface area contributed by atoms with Gasteiger partial charge in [-0.15, -0.1) is 0 Å². The van der Waals surface area contributed by atoms with E-state index in [4.69, 9.17) is 28.3 Å². The highest BCUT2D eigenvalue weighted by Crippen LogP contribution is 2.23. The lowest BCUT2D eigenvalue weighted by atomic mass is 9.90. The van der Waals surface area contributed by atoms with E-state index in [9.17, 15) is 14.4 Å². The van der Waals surface area contributed by atoms with E-state index in [2.05, 4.69) is 5.32 Å². The standard InChI is InChI=1S/C16H18Cl2N2O4/c1-9-4-11(16(23)24)8-20(7-9)14(21)6-19-15(22)10-2-3-12(17)13(18)5-10/h2-3,5,9,11H,4,6-8H2,1H3,(H,19,22)(H,23,24). The Kier molecular flexibility index (Phi) is 6.07. The number of aliphatic carboxylic acids is 1. The van der Waals surface area contributed by atoms with Gasteiger partial charge in [0.15, 0.2) is 0 Å². The zero-order valence-corrected chi connectivity index (χ0v) is 14.6. The zero-order chi connectivity index (χ0) is 17.9. The fraction of sp³-hybridized carbons (Fsp3) is 0.438. The minimum atomic E-state index is -0.904. The van der Waals surface area contributed by atoms with Crippen molar-refractivity contribution in [2.75, 3.05) is 19.6 Å². The van der Waals surface area contributed by atoms with Crippen LogP contribution in [0.3, 0.4) is 0 Å². The number of nitrogens with one attached hydrogen (secondary N) is 1. The molecule has 1 aromatic carbocycles.